The molecule has 1 aliphatic heterocycles. The second kappa shape index (κ2) is 6.87. The van der Waals surface area contributed by atoms with E-state index in [-0.39, 0.29) is 11.8 Å². The van der Waals surface area contributed by atoms with Crippen LogP contribution in [0.5, 0.6) is 5.88 Å². The van der Waals surface area contributed by atoms with Crippen LogP contribution in [0.25, 0.3) is 0 Å². The number of carbonyl (C=O) groups excluding carboxylic acids is 1. The van der Waals surface area contributed by atoms with E-state index in [1.54, 1.807) is 10.3 Å². The average Bonchev–Trinajstić information content (AvgIpc) is 3.21. The number of amides is 1. The summed E-state index contributed by atoms with van der Waals surface area (Å²) in [6.07, 6.45) is 3.00. The summed E-state index contributed by atoms with van der Waals surface area (Å²) < 4.78 is 21.7. The molecule has 0 radical (unpaired) electrons. The van der Waals surface area contributed by atoms with Gasteiger partial charge in [-0.25, -0.2) is 14.4 Å². The van der Waals surface area contributed by atoms with E-state index in [2.05, 4.69) is 9.97 Å². The van der Waals surface area contributed by atoms with Crippen molar-refractivity contribution in [3.63, 3.8) is 0 Å². The number of carbonyl (C=O) groups is 1. The Labute approximate surface area is 153 Å². The van der Waals surface area contributed by atoms with Crippen molar-refractivity contribution < 1.29 is 13.9 Å². The highest BCUT2D eigenvalue weighted by Crippen LogP contribution is 2.21. The van der Waals surface area contributed by atoms with E-state index in [4.69, 9.17) is 4.74 Å². The van der Waals surface area contributed by atoms with Gasteiger partial charge in [-0.1, -0.05) is 0 Å². The Bertz CT molecular complexity index is 939. The number of aromatic nitrogens is 3. The molecule has 4 rings (SSSR count). The van der Waals surface area contributed by atoms with E-state index < -0.39 is 11.9 Å². The van der Waals surface area contributed by atoms with Gasteiger partial charge >= 0.3 is 0 Å². The molecule has 0 N–H and O–H groups in total. The van der Waals surface area contributed by atoms with Gasteiger partial charge in [-0.2, -0.15) is 0 Å². The summed E-state index contributed by atoms with van der Waals surface area (Å²) in [6, 6.07) is 6.71. The first-order valence-electron chi connectivity index (χ1n) is 8.23. The molecule has 0 aromatic carbocycles. The van der Waals surface area contributed by atoms with Crippen LogP contribution in [0.1, 0.15) is 21.2 Å². The highest BCUT2D eigenvalue weighted by Gasteiger charge is 2.28. The van der Waals surface area contributed by atoms with Crippen molar-refractivity contribution in [2.75, 3.05) is 6.54 Å². The zero-order valence-corrected chi connectivity index (χ0v) is 14.9. The van der Waals surface area contributed by atoms with Gasteiger partial charge in [-0.05, 0) is 31.2 Å². The van der Waals surface area contributed by atoms with Gasteiger partial charge in [0.1, 0.15) is 11.8 Å². The summed E-state index contributed by atoms with van der Waals surface area (Å²) in [5.41, 5.74) is 1.42. The maximum atomic E-state index is 13.9. The van der Waals surface area contributed by atoms with Crippen LogP contribution >= 0.6 is 11.3 Å². The highest BCUT2D eigenvalue weighted by molar-refractivity contribution is 7.09. The molecule has 0 bridgehead atoms. The summed E-state index contributed by atoms with van der Waals surface area (Å²) in [5.74, 6) is -0.721. The van der Waals surface area contributed by atoms with E-state index in [9.17, 15) is 9.18 Å². The van der Waals surface area contributed by atoms with Gasteiger partial charge in [0.2, 0.25) is 0 Å². The topological polar surface area (TPSA) is 60.2 Å². The minimum absolute atomic E-state index is 0.0509. The van der Waals surface area contributed by atoms with Crippen molar-refractivity contribution in [2.24, 2.45) is 0 Å². The van der Waals surface area contributed by atoms with Gasteiger partial charge in [0, 0.05) is 23.5 Å². The molecule has 8 heteroatoms. The second-order valence-corrected chi connectivity index (χ2v) is 7.18. The number of hydrogen-bond donors (Lipinski definition) is 0. The lowest BCUT2D eigenvalue weighted by molar-refractivity contribution is 0.0636. The van der Waals surface area contributed by atoms with Crippen molar-refractivity contribution in [3.05, 3.63) is 64.3 Å². The summed E-state index contributed by atoms with van der Waals surface area (Å²) >= 11 is 1.44. The number of rotatable bonds is 3. The molecule has 0 fully saturated rings. The average molecular weight is 372 g/mol. The quantitative estimate of drug-likeness (QED) is 0.709. The van der Waals surface area contributed by atoms with Gasteiger partial charge in [0.15, 0.2) is 5.82 Å². The molecule has 1 amide bonds. The van der Waals surface area contributed by atoms with Gasteiger partial charge in [0.25, 0.3) is 11.8 Å². The van der Waals surface area contributed by atoms with Crippen LogP contribution in [0.3, 0.4) is 0 Å². The Hall–Kier alpha value is -2.74. The normalized spacial score (nSPS) is 16.8. The first-order chi connectivity index (χ1) is 12.6. The zero-order chi connectivity index (χ0) is 18.1. The van der Waals surface area contributed by atoms with Gasteiger partial charge in [0.05, 0.1) is 24.6 Å². The van der Waals surface area contributed by atoms with Gasteiger partial charge in [-0.15, -0.1) is 11.3 Å². The molecule has 4 heterocycles. The van der Waals surface area contributed by atoms with Crippen molar-refractivity contribution in [3.8, 4) is 5.88 Å². The van der Waals surface area contributed by atoms with Crippen LogP contribution in [-0.2, 0) is 13.1 Å². The van der Waals surface area contributed by atoms with E-state index in [1.165, 1.54) is 29.7 Å². The number of hydrogen-bond acceptors (Lipinski definition) is 5. The van der Waals surface area contributed by atoms with Crippen LogP contribution < -0.4 is 4.74 Å². The minimum Gasteiger partial charge on any atom is -0.468 e. The third-order valence-corrected chi connectivity index (χ3v) is 5.00. The molecule has 0 saturated carbocycles. The molecule has 134 valence electrons. The third-order valence-electron chi connectivity index (χ3n) is 4.23. The van der Waals surface area contributed by atoms with Crippen molar-refractivity contribution in [1.82, 2.24) is 19.4 Å². The summed E-state index contributed by atoms with van der Waals surface area (Å²) in [4.78, 5) is 22.8. The first kappa shape index (κ1) is 16.7. The Kier molecular flexibility index (Phi) is 4.42. The lowest BCUT2D eigenvalue weighted by Gasteiger charge is -2.24. The molecule has 0 aliphatic carbocycles. The zero-order valence-electron chi connectivity index (χ0n) is 14.1. The molecule has 3 aromatic heterocycles. The third kappa shape index (κ3) is 3.32. The van der Waals surface area contributed by atoms with Crippen molar-refractivity contribution in [1.29, 1.82) is 0 Å². The Morgan fingerprint density at radius 3 is 3.00 bits per heavy atom. The largest absolute Gasteiger partial charge is 0.468 e. The lowest BCUT2D eigenvalue weighted by atomic mass is 10.3. The SMILES string of the molecule is Cc1nc(C(=O)N2Cc3cccn3CC(Oc3ncccc3F)C2)cs1. The van der Waals surface area contributed by atoms with E-state index in [1.807, 2.05) is 29.8 Å². The fourth-order valence-electron chi connectivity index (χ4n) is 3.02. The number of halogens is 1. The van der Waals surface area contributed by atoms with Crippen LogP contribution in [0.4, 0.5) is 4.39 Å². The summed E-state index contributed by atoms with van der Waals surface area (Å²) in [7, 11) is 0. The molecule has 26 heavy (non-hydrogen) atoms. The molecule has 0 saturated heterocycles. The number of thiazole rings is 1. The fraction of sp³-hybridized carbons (Fsp3) is 0.278. The molecule has 0 spiro atoms. The first-order valence-corrected chi connectivity index (χ1v) is 9.10. The molecule has 1 atom stereocenters. The predicted molar refractivity (Wildman–Crippen MR) is 94.6 cm³/mol. The number of nitrogens with zero attached hydrogens (tertiary/aromatic N) is 4. The number of fused-ring (bicyclic) bond motifs is 1. The second-order valence-electron chi connectivity index (χ2n) is 6.12. The number of ether oxygens (including phenoxy) is 1. The van der Waals surface area contributed by atoms with E-state index in [0.717, 1.165) is 10.7 Å². The highest BCUT2D eigenvalue weighted by atomic mass is 32.1. The molecular formula is C18H17FN4O2S. The Balaban J connectivity index is 1.61. The molecule has 3 aromatic rings. The monoisotopic (exact) mass is 372 g/mol. The standard InChI is InChI=1S/C18H17FN4O2S/c1-12-21-16(11-26-12)18(24)23-8-13-4-3-7-22(13)9-14(10-23)25-17-15(19)5-2-6-20-17/h2-7,11,14H,8-10H2,1H3. The maximum Gasteiger partial charge on any atom is 0.273 e. The number of aryl methyl sites for hydroxylation is 1. The Morgan fingerprint density at radius 2 is 2.23 bits per heavy atom. The molecule has 1 aliphatic rings. The fourth-order valence-corrected chi connectivity index (χ4v) is 3.61. The smallest absolute Gasteiger partial charge is 0.273 e. The van der Waals surface area contributed by atoms with Gasteiger partial charge in [-0.3, -0.25) is 4.79 Å². The molecular weight excluding hydrogens is 355 g/mol. The van der Waals surface area contributed by atoms with Crippen LogP contribution in [0.15, 0.2) is 42.0 Å². The molecule has 1 unspecified atom stereocenters. The van der Waals surface area contributed by atoms with E-state index in [0.29, 0.717) is 25.3 Å². The van der Waals surface area contributed by atoms with Crippen molar-refractivity contribution in [2.45, 2.75) is 26.1 Å². The van der Waals surface area contributed by atoms with Gasteiger partial charge < -0.3 is 14.2 Å². The predicted octanol–water partition coefficient (Wildman–Crippen LogP) is 2.89. The van der Waals surface area contributed by atoms with Crippen LogP contribution in [-0.4, -0.2) is 38.0 Å². The summed E-state index contributed by atoms with van der Waals surface area (Å²) in [5, 5.41) is 2.60. The number of pyridine rings is 1. The summed E-state index contributed by atoms with van der Waals surface area (Å²) in [6.45, 7) is 3.16. The van der Waals surface area contributed by atoms with Crippen molar-refractivity contribution >= 4 is 17.2 Å². The maximum absolute atomic E-state index is 13.9. The lowest BCUT2D eigenvalue weighted by Crippen LogP contribution is -2.39. The van der Waals surface area contributed by atoms with Crippen LogP contribution in [0.2, 0.25) is 0 Å². The van der Waals surface area contributed by atoms with Crippen LogP contribution in [0, 0.1) is 12.7 Å². The Morgan fingerprint density at radius 1 is 1.35 bits per heavy atom. The minimum atomic E-state index is -0.516. The molecule has 6 nitrogen and oxygen atoms in total. The van der Waals surface area contributed by atoms with E-state index >= 15 is 0 Å².